The molecule has 0 saturated carbocycles. The van der Waals surface area contributed by atoms with Crippen LogP contribution < -0.4 is 11.1 Å². The lowest BCUT2D eigenvalue weighted by Crippen LogP contribution is -2.40. The molecule has 3 heteroatoms. The Balaban J connectivity index is 2.45. The summed E-state index contributed by atoms with van der Waals surface area (Å²) in [7, 11) is 0. The lowest BCUT2D eigenvalue weighted by molar-refractivity contribution is -0.122. The number of rotatable bonds is 2. The van der Waals surface area contributed by atoms with Gasteiger partial charge in [-0.3, -0.25) is 4.79 Å². The van der Waals surface area contributed by atoms with Crippen molar-refractivity contribution in [2.24, 2.45) is 11.7 Å². The van der Waals surface area contributed by atoms with Gasteiger partial charge in [0.25, 0.3) is 0 Å². The van der Waals surface area contributed by atoms with Crippen LogP contribution in [0.3, 0.4) is 0 Å². The highest BCUT2D eigenvalue weighted by molar-refractivity contribution is 5.79. The van der Waals surface area contributed by atoms with Gasteiger partial charge in [0.2, 0.25) is 5.91 Å². The SMILES string of the molecule is Cc1ccccc1C1(C)CNCC1C(N)=O. The lowest BCUT2D eigenvalue weighted by Gasteiger charge is -2.30. The van der Waals surface area contributed by atoms with Gasteiger partial charge in [0.1, 0.15) is 0 Å². The van der Waals surface area contributed by atoms with E-state index in [0.29, 0.717) is 6.54 Å². The molecule has 1 saturated heterocycles. The first-order valence-corrected chi connectivity index (χ1v) is 5.62. The summed E-state index contributed by atoms with van der Waals surface area (Å²) in [5, 5.41) is 3.27. The topological polar surface area (TPSA) is 55.1 Å². The van der Waals surface area contributed by atoms with E-state index in [9.17, 15) is 4.79 Å². The van der Waals surface area contributed by atoms with E-state index < -0.39 is 0 Å². The van der Waals surface area contributed by atoms with Crippen molar-refractivity contribution < 1.29 is 4.79 Å². The number of aryl methyl sites for hydroxylation is 1. The van der Waals surface area contributed by atoms with E-state index in [1.165, 1.54) is 11.1 Å². The van der Waals surface area contributed by atoms with Crippen molar-refractivity contribution in [2.45, 2.75) is 19.3 Å². The Bertz CT molecular complexity index is 416. The summed E-state index contributed by atoms with van der Waals surface area (Å²) in [6.07, 6.45) is 0. The molecule has 86 valence electrons. The molecule has 0 aliphatic carbocycles. The Hall–Kier alpha value is -1.35. The Morgan fingerprint density at radius 1 is 1.50 bits per heavy atom. The number of nitrogens with two attached hydrogens (primary N) is 1. The summed E-state index contributed by atoms with van der Waals surface area (Å²) in [5.74, 6) is -0.329. The predicted molar refractivity (Wildman–Crippen MR) is 64.1 cm³/mol. The molecule has 1 fully saturated rings. The van der Waals surface area contributed by atoms with Crippen LogP contribution in [-0.2, 0) is 10.2 Å². The van der Waals surface area contributed by atoms with E-state index in [4.69, 9.17) is 5.73 Å². The number of amides is 1. The molecule has 2 unspecified atom stereocenters. The van der Waals surface area contributed by atoms with Crippen LogP contribution in [0.15, 0.2) is 24.3 Å². The summed E-state index contributed by atoms with van der Waals surface area (Å²) >= 11 is 0. The first-order valence-electron chi connectivity index (χ1n) is 5.62. The van der Waals surface area contributed by atoms with Crippen molar-refractivity contribution in [1.82, 2.24) is 5.32 Å². The van der Waals surface area contributed by atoms with Crippen LogP contribution in [0, 0.1) is 12.8 Å². The number of nitrogens with one attached hydrogen (secondary N) is 1. The maximum atomic E-state index is 11.5. The molecule has 1 aliphatic heterocycles. The third-order valence-corrected chi connectivity index (χ3v) is 3.71. The van der Waals surface area contributed by atoms with Crippen LogP contribution in [0.5, 0.6) is 0 Å². The van der Waals surface area contributed by atoms with Gasteiger partial charge in [0.15, 0.2) is 0 Å². The molecule has 1 aromatic carbocycles. The largest absolute Gasteiger partial charge is 0.369 e. The van der Waals surface area contributed by atoms with Gasteiger partial charge in [0, 0.05) is 18.5 Å². The van der Waals surface area contributed by atoms with Crippen molar-refractivity contribution >= 4 is 5.91 Å². The smallest absolute Gasteiger partial charge is 0.222 e. The van der Waals surface area contributed by atoms with Crippen LogP contribution in [0.2, 0.25) is 0 Å². The van der Waals surface area contributed by atoms with Crippen molar-refractivity contribution in [3.8, 4) is 0 Å². The predicted octanol–water partition coefficient (Wildman–Crippen LogP) is 0.957. The molecule has 3 nitrogen and oxygen atoms in total. The first-order chi connectivity index (χ1) is 7.55. The number of primary amides is 1. The minimum absolute atomic E-state index is 0.117. The maximum Gasteiger partial charge on any atom is 0.222 e. The van der Waals surface area contributed by atoms with E-state index >= 15 is 0 Å². The van der Waals surface area contributed by atoms with Gasteiger partial charge < -0.3 is 11.1 Å². The Kier molecular flexibility index (Phi) is 2.72. The Morgan fingerprint density at radius 3 is 2.81 bits per heavy atom. The van der Waals surface area contributed by atoms with E-state index in [2.05, 4.69) is 31.3 Å². The number of hydrogen-bond donors (Lipinski definition) is 2. The van der Waals surface area contributed by atoms with E-state index in [0.717, 1.165) is 6.54 Å². The fourth-order valence-corrected chi connectivity index (χ4v) is 2.74. The van der Waals surface area contributed by atoms with Gasteiger partial charge in [-0.05, 0) is 18.1 Å². The Morgan fingerprint density at radius 2 is 2.19 bits per heavy atom. The van der Waals surface area contributed by atoms with E-state index in [-0.39, 0.29) is 17.2 Å². The number of benzene rings is 1. The van der Waals surface area contributed by atoms with Crippen LogP contribution in [0.25, 0.3) is 0 Å². The molecule has 1 aromatic rings. The first kappa shape index (κ1) is 11.1. The second kappa shape index (κ2) is 3.91. The molecule has 0 bridgehead atoms. The van der Waals surface area contributed by atoms with Crippen molar-refractivity contribution in [1.29, 1.82) is 0 Å². The van der Waals surface area contributed by atoms with Gasteiger partial charge in [0.05, 0.1) is 5.92 Å². The van der Waals surface area contributed by atoms with Crippen LogP contribution >= 0.6 is 0 Å². The second-order valence-corrected chi connectivity index (χ2v) is 4.82. The quantitative estimate of drug-likeness (QED) is 0.776. The molecular formula is C13H18N2O. The zero-order valence-corrected chi connectivity index (χ0v) is 9.79. The average Bonchev–Trinajstić information content (AvgIpc) is 2.62. The molecule has 2 rings (SSSR count). The van der Waals surface area contributed by atoms with E-state index in [1.807, 2.05) is 12.1 Å². The Labute approximate surface area is 96.0 Å². The summed E-state index contributed by atoms with van der Waals surface area (Å²) in [6, 6.07) is 8.21. The zero-order chi connectivity index (χ0) is 11.8. The summed E-state index contributed by atoms with van der Waals surface area (Å²) in [4.78, 5) is 11.5. The third-order valence-electron chi connectivity index (χ3n) is 3.71. The molecule has 1 aliphatic rings. The molecule has 0 aromatic heterocycles. The molecule has 16 heavy (non-hydrogen) atoms. The highest BCUT2D eigenvalue weighted by Gasteiger charge is 2.43. The van der Waals surface area contributed by atoms with Crippen molar-refractivity contribution in [3.05, 3.63) is 35.4 Å². The number of carbonyl (C=O) groups is 1. The number of carbonyl (C=O) groups excluding carboxylic acids is 1. The van der Waals surface area contributed by atoms with Gasteiger partial charge in [-0.1, -0.05) is 31.2 Å². The fourth-order valence-electron chi connectivity index (χ4n) is 2.74. The molecule has 1 amide bonds. The molecule has 3 N–H and O–H groups in total. The van der Waals surface area contributed by atoms with E-state index in [1.54, 1.807) is 0 Å². The molecular weight excluding hydrogens is 200 g/mol. The molecule has 1 heterocycles. The standard InChI is InChI=1S/C13H18N2O/c1-9-5-3-4-6-10(9)13(2)8-15-7-11(13)12(14)16/h3-6,11,15H,7-8H2,1-2H3,(H2,14,16). The van der Waals surface area contributed by atoms with Gasteiger partial charge in [-0.15, -0.1) is 0 Å². The highest BCUT2D eigenvalue weighted by Crippen LogP contribution is 2.36. The van der Waals surface area contributed by atoms with Gasteiger partial charge >= 0.3 is 0 Å². The monoisotopic (exact) mass is 218 g/mol. The fraction of sp³-hybridized carbons (Fsp3) is 0.462. The molecule has 0 radical (unpaired) electrons. The van der Waals surface area contributed by atoms with Crippen molar-refractivity contribution in [2.75, 3.05) is 13.1 Å². The highest BCUT2D eigenvalue weighted by atomic mass is 16.1. The van der Waals surface area contributed by atoms with Gasteiger partial charge in [-0.25, -0.2) is 0 Å². The minimum Gasteiger partial charge on any atom is -0.369 e. The maximum absolute atomic E-state index is 11.5. The van der Waals surface area contributed by atoms with Crippen LogP contribution in [0.1, 0.15) is 18.1 Å². The minimum atomic E-state index is -0.212. The van der Waals surface area contributed by atoms with Crippen LogP contribution in [0.4, 0.5) is 0 Å². The summed E-state index contributed by atoms with van der Waals surface area (Å²) < 4.78 is 0. The zero-order valence-electron chi connectivity index (χ0n) is 9.79. The molecule has 2 atom stereocenters. The normalized spacial score (nSPS) is 29.2. The summed E-state index contributed by atoms with van der Waals surface area (Å²) in [6.45, 7) is 5.69. The van der Waals surface area contributed by atoms with Crippen molar-refractivity contribution in [3.63, 3.8) is 0 Å². The average molecular weight is 218 g/mol. The number of hydrogen-bond acceptors (Lipinski definition) is 2. The second-order valence-electron chi connectivity index (χ2n) is 4.82. The van der Waals surface area contributed by atoms with Gasteiger partial charge in [-0.2, -0.15) is 0 Å². The summed E-state index contributed by atoms with van der Waals surface area (Å²) in [5.41, 5.74) is 7.76. The van der Waals surface area contributed by atoms with Crippen LogP contribution in [-0.4, -0.2) is 19.0 Å². The lowest BCUT2D eigenvalue weighted by atomic mass is 9.72. The third kappa shape index (κ3) is 1.61. The molecule has 0 spiro atoms.